The van der Waals surface area contributed by atoms with Crippen molar-refractivity contribution < 1.29 is 18.7 Å². The van der Waals surface area contributed by atoms with Crippen LogP contribution < -0.4 is 10.6 Å². The summed E-state index contributed by atoms with van der Waals surface area (Å²) in [5, 5.41) is 5.93. The fourth-order valence-corrected chi connectivity index (χ4v) is 3.46. The fourth-order valence-electron chi connectivity index (χ4n) is 3.28. The van der Waals surface area contributed by atoms with Crippen molar-refractivity contribution in [3.63, 3.8) is 0 Å². The molecule has 2 amide bonds. The van der Waals surface area contributed by atoms with Crippen molar-refractivity contribution in [2.45, 2.75) is 0 Å². The van der Waals surface area contributed by atoms with E-state index in [1.807, 2.05) is 0 Å². The number of piperazine rings is 1. The number of benzene rings is 1. The van der Waals surface area contributed by atoms with Crippen molar-refractivity contribution >= 4 is 52.1 Å². The Bertz CT molecular complexity index is 1190. The van der Waals surface area contributed by atoms with E-state index in [0.29, 0.717) is 48.7 Å². The van der Waals surface area contributed by atoms with Crippen LogP contribution >= 0.6 is 11.6 Å². The highest BCUT2D eigenvalue weighted by atomic mass is 35.5. The van der Waals surface area contributed by atoms with E-state index in [1.54, 1.807) is 9.80 Å². The third-order valence-electron chi connectivity index (χ3n) is 5.02. The first-order valence-electron chi connectivity index (χ1n) is 9.99. The first kappa shape index (κ1) is 22.4. The maximum absolute atomic E-state index is 13.4. The molecule has 0 radical (unpaired) electrons. The molecule has 33 heavy (non-hydrogen) atoms. The third kappa shape index (κ3) is 5.17. The summed E-state index contributed by atoms with van der Waals surface area (Å²) in [4.78, 5) is 44.3. The molecule has 11 nitrogen and oxygen atoms in total. The number of hydrogen-bond donors (Lipinski definition) is 2. The van der Waals surface area contributed by atoms with E-state index >= 15 is 0 Å². The van der Waals surface area contributed by atoms with Crippen LogP contribution in [-0.2, 0) is 9.53 Å². The average Bonchev–Trinajstić information content (AvgIpc) is 2.84. The minimum Gasteiger partial charge on any atom is -0.453 e. The number of nitrogens with zero attached hydrogens (tertiary/aromatic N) is 6. The molecule has 4 rings (SSSR count). The topological polar surface area (TPSA) is 125 Å². The number of carbonyl (C=O) groups is 2. The Morgan fingerprint density at radius 3 is 2.64 bits per heavy atom. The first-order chi connectivity index (χ1) is 15.9. The van der Waals surface area contributed by atoms with Crippen LogP contribution in [0.2, 0.25) is 5.02 Å². The highest BCUT2D eigenvalue weighted by Crippen LogP contribution is 2.25. The molecule has 0 aliphatic carbocycles. The molecule has 13 heteroatoms. The molecule has 0 unspecified atom stereocenters. The minimum atomic E-state index is -0.528. The Kier molecular flexibility index (Phi) is 6.63. The van der Waals surface area contributed by atoms with Crippen molar-refractivity contribution in [1.82, 2.24) is 29.7 Å². The molecular weight excluding hydrogens is 455 g/mol. The summed E-state index contributed by atoms with van der Waals surface area (Å²) in [6, 6.07) is 4.20. The second-order valence-electron chi connectivity index (χ2n) is 7.10. The lowest BCUT2D eigenvalue weighted by molar-refractivity contribution is -0.130. The Hall–Kier alpha value is -3.80. The lowest BCUT2D eigenvalue weighted by Crippen LogP contribution is -2.51. The van der Waals surface area contributed by atoms with Crippen molar-refractivity contribution in [1.29, 1.82) is 0 Å². The summed E-state index contributed by atoms with van der Waals surface area (Å²) in [5.74, 6) is -0.0794. The van der Waals surface area contributed by atoms with Crippen molar-refractivity contribution in [2.75, 3.05) is 50.5 Å². The third-order valence-corrected chi connectivity index (χ3v) is 5.31. The van der Waals surface area contributed by atoms with Gasteiger partial charge in [-0.15, -0.1) is 0 Å². The molecule has 1 fully saturated rings. The molecule has 0 saturated carbocycles. The zero-order chi connectivity index (χ0) is 23.4. The number of halogens is 2. The molecule has 0 spiro atoms. The van der Waals surface area contributed by atoms with Gasteiger partial charge in [0.1, 0.15) is 23.2 Å². The van der Waals surface area contributed by atoms with Crippen molar-refractivity contribution in [2.24, 2.45) is 0 Å². The predicted molar refractivity (Wildman–Crippen MR) is 119 cm³/mol. The number of aromatic nitrogens is 4. The highest BCUT2D eigenvalue weighted by molar-refractivity contribution is 6.31. The van der Waals surface area contributed by atoms with Gasteiger partial charge in [0.05, 0.1) is 24.9 Å². The maximum atomic E-state index is 13.4. The standard InChI is InChI=1S/C20H20ClFN8O3/c1-33-20(32)30-6-4-29(5-7-30)16(31)10-24-19-23-9-15-17(28-19)18(26-11-25-15)27-12-2-3-14(22)13(21)8-12/h2-3,8-9,11H,4-7,10H2,1H3,(H,23,24,28)(H,25,26,27). The maximum Gasteiger partial charge on any atom is 0.409 e. The van der Waals surface area contributed by atoms with Crippen LogP contribution in [0.1, 0.15) is 0 Å². The first-order valence-corrected chi connectivity index (χ1v) is 10.4. The smallest absolute Gasteiger partial charge is 0.409 e. The van der Waals surface area contributed by atoms with E-state index in [0.717, 1.165) is 0 Å². The second-order valence-corrected chi connectivity index (χ2v) is 7.50. The summed E-state index contributed by atoms with van der Waals surface area (Å²) in [5.41, 5.74) is 1.42. The van der Waals surface area contributed by atoms with Gasteiger partial charge in [-0.2, -0.15) is 0 Å². The van der Waals surface area contributed by atoms with Crippen LogP contribution in [0.15, 0.2) is 30.7 Å². The van der Waals surface area contributed by atoms with Crippen molar-refractivity contribution in [3.05, 3.63) is 41.6 Å². The van der Waals surface area contributed by atoms with Gasteiger partial charge in [0.2, 0.25) is 11.9 Å². The molecule has 1 aliphatic heterocycles. The summed E-state index contributed by atoms with van der Waals surface area (Å²) in [6.07, 6.45) is 2.46. The van der Waals surface area contributed by atoms with Crippen LogP contribution in [0.25, 0.3) is 11.0 Å². The van der Waals surface area contributed by atoms with Crippen LogP contribution in [0.5, 0.6) is 0 Å². The Balaban J connectivity index is 1.42. The van der Waals surface area contributed by atoms with Crippen LogP contribution in [0.3, 0.4) is 0 Å². The number of fused-ring (bicyclic) bond motifs is 1. The van der Waals surface area contributed by atoms with Crippen LogP contribution in [-0.4, -0.2) is 81.6 Å². The van der Waals surface area contributed by atoms with Gasteiger partial charge < -0.3 is 25.2 Å². The summed E-state index contributed by atoms with van der Waals surface area (Å²) in [6.45, 7) is 1.62. The summed E-state index contributed by atoms with van der Waals surface area (Å²) >= 11 is 5.84. The van der Waals surface area contributed by atoms with E-state index in [-0.39, 0.29) is 23.4 Å². The monoisotopic (exact) mass is 474 g/mol. The number of anilines is 3. The number of methoxy groups -OCH3 is 1. The molecule has 2 aromatic heterocycles. The second kappa shape index (κ2) is 9.77. The highest BCUT2D eigenvalue weighted by Gasteiger charge is 2.24. The zero-order valence-electron chi connectivity index (χ0n) is 17.6. The Morgan fingerprint density at radius 1 is 1.15 bits per heavy atom. The number of carbonyl (C=O) groups excluding carboxylic acids is 2. The Labute approximate surface area is 192 Å². The Morgan fingerprint density at radius 2 is 1.91 bits per heavy atom. The molecule has 3 heterocycles. The van der Waals surface area contributed by atoms with Gasteiger partial charge in [0.15, 0.2) is 5.82 Å². The van der Waals surface area contributed by atoms with E-state index in [9.17, 15) is 14.0 Å². The number of hydrogen-bond acceptors (Lipinski definition) is 9. The van der Waals surface area contributed by atoms with Gasteiger partial charge in [-0.25, -0.2) is 29.1 Å². The van der Waals surface area contributed by atoms with E-state index in [4.69, 9.17) is 16.3 Å². The van der Waals surface area contributed by atoms with Gasteiger partial charge in [-0.1, -0.05) is 11.6 Å². The van der Waals surface area contributed by atoms with Crippen LogP contribution in [0.4, 0.5) is 26.6 Å². The largest absolute Gasteiger partial charge is 0.453 e. The molecule has 172 valence electrons. The van der Waals surface area contributed by atoms with Crippen molar-refractivity contribution in [3.8, 4) is 0 Å². The number of ether oxygens (including phenoxy) is 1. The van der Waals surface area contributed by atoms with Gasteiger partial charge in [-0.3, -0.25) is 4.79 Å². The van der Waals surface area contributed by atoms with Crippen LogP contribution in [0, 0.1) is 5.82 Å². The minimum absolute atomic E-state index is 0.0201. The predicted octanol–water partition coefficient (Wildman–Crippen LogP) is 2.28. The molecule has 1 saturated heterocycles. The lowest BCUT2D eigenvalue weighted by Gasteiger charge is -2.33. The SMILES string of the molecule is COC(=O)N1CCN(C(=O)CNc2ncc3ncnc(Nc4ccc(F)c(Cl)c4)c3n2)CC1. The zero-order valence-corrected chi connectivity index (χ0v) is 18.3. The summed E-state index contributed by atoms with van der Waals surface area (Å²) in [7, 11) is 1.33. The van der Waals surface area contributed by atoms with Gasteiger partial charge >= 0.3 is 6.09 Å². The quantitative estimate of drug-likeness (QED) is 0.572. The number of amides is 2. The molecule has 1 aliphatic rings. The van der Waals surface area contributed by atoms with E-state index < -0.39 is 11.9 Å². The molecule has 0 bridgehead atoms. The van der Waals surface area contributed by atoms with Gasteiger partial charge in [0, 0.05) is 31.9 Å². The van der Waals surface area contributed by atoms with Gasteiger partial charge in [0.25, 0.3) is 0 Å². The molecule has 3 aromatic rings. The molecule has 1 aromatic carbocycles. The normalized spacial score (nSPS) is 13.7. The number of rotatable bonds is 5. The lowest BCUT2D eigenvalue weighted by atomic mass is 10.3. The molecule has 2 N–H and O–H groups in total. The number of nitrogens with one attached hydrogen (secondary N) is 2. The van der Waals surface area contributed by atoms with E-state index in [1.165, 1.54) is 37.8 Å². The molecular formula is C20H20ClFN8O3. The van der Waals surface area contributed by atoms with E-state index in [2.05, 4.69) is 30.6 Å². The van der Waals surface area contributed by atoms with Gasteiger partial charge in [-0.05, 0) is 18.2 Å². The molecule has 0 atom stereocenters. The fraction of sp³-hybridized carbons (Fsp3) is 0.300. The summed E-state index contributed by atoms with van der Waals surface area (Å²) < 4.78 is 18.1. The average molecular weight is 475 g/mol.